The second-order valence-corrected chi connectivity index (χ2v) is 6.85. The first-order valence-corrected chi connectivity index (χ1v) is 9.40. The number of benzene rings is 1. The lowest BCUT2D eigenvalue weighted by Gasteiger charge is -2.22. The molecular weight excluding hydrogens is 344 g/mol. The molecule has 0 spiro atoms. The Morgan fingerprint density at radius 3 is 2.48 bits per heavy atom. The fourth-order valence-electron chi connectivity index (χ4n) is 3.19. The van der Waals surface area contributed by atoms with Crippen LogP contribution < -0.4 is 16.0 Å². The van der Waals surface area contributed by atoms with Gasteiger partial charge in [-0.3, -0.25) is 4.79 Å². The van der Waals surface area contributed by atoms with E-state index in [4.69, 9.17) is 0 Å². The summed E-state index contributed by atoms with van der Waals surface area (Å²) in [6.07, 6.45) is 8.81. The van der Waals surface area contributed by atoms with Gasteiger partial charge in [-0.2, -0.15) is 5.10 Å². The van der Waals surface area contributed by atoms with Gasteiger partial charge in [-0.05, 0) is 24.0 Å². The molecule has 1 fully saturated rings. The van der Waals surface area contributed by atoms with Gasteiger partial charge in [0.1, 0.15) is 12.7 Å². The molecule has 27 heavy (non-hydrogen) atoms. The van der Waals surface area contributed by atoms with Crippen LogP contribution in [0.1, 0.15) is 43.2 Å². The summed E-state index contributed by atoms with van der Waals surface area (Å²) in [6.45, 7) is 1.06. The number of nitrogens with zero attached hydrogens (tertiary/aromatic N) is 3. The lowest BCUT2D eigenvalue weighted by atomic mass is 9.95. The van der Waals surface area contributed by atoms with E-state index in [1.54, 1.807) is 11.0 Å². The van der Waals surface area contributed by atoms with Crippen LogP contribution in [0.4, 0.5) is 4.79 Å². The van der Waals surface area contributed by atoms with Gasteiger partial charge in [0.2, 0.25) is 5.91 Å². The van der Waals surface area contributed by atoms with E-state index in [-0.39, 0.29) is 24.5 Å². The SMILES string of the molecule is O=C(CNC(=O)NCc1ccc(Cn2cncn2)cc1)NC1CCCCC1. The van der Waals surface area contributed by atoms with Crippen molar-refractivity contribution in [2.45, 2.75) is 51.2 Å². The Balaban J connectivity index is 1.34. The highest BCUT2D eigenvalue weighted by atomic mass is 16.2. The zero-order valence-electron chi connectivity index (χ0n) is 15.4. The smallest absolute Gasteiger partial charge is 0.315 e. The van der Waals surface area contributed by atoms with Gasteiger partial charge in [0.25, 0.3) is 0 Å². The number of carbonyl (C=O) groups excluding carboxylic acids is 2. The van der Waals surface area contributed by atoms with Crippen molar-refractivity contribution in [3.05, 3.63) is 48.0 Å². The van der Waals surface area contributed by atoms with E-state index in [0.29, 0.717) is 13.1 Å². The normalized spacial score (nSPS) is 14.5. The molecule has 0 aliphatic heterocycles. The summed E-state index contributed by atoms with van der Waals surface area (Å²) >= 11 is 0. The number of amides is 3. The molecule has 1 heterocycles. The minimum atomic E-state index is -0.347. The summed E-state index contributed by atoms with van der Waals surface area (Å²) in [5.74, 6) is -0.130. The van der Waals surface area contributed by atoms with Gasteiger partial charge >= 0.3 is 6.03 Å². The second kappa shape index (κ2) is 9.70. The molecule has 3 amide bonds. The molecule has 3 N–H and O–H groups in total. The zero-order valence-corrected chi connectivity index (χ0v) is 15.4. The van der Waals surface area contributed by atoms with Crippen molar-refractivity contribution in [3.63, 3.8) is 0 Å². The minimum Gasteiger partial charge on any atom is -0.352 e. The van der Waals surface area contributed by atoms with Crippen LogP contribution in [-0.2, 0) is 17.9 Å². The number of nitrogens with one attached hydrogen (secondary N) is 3. The first-order valence-electron chi connectivity index (χ1n) is 9.40. The zero-order chi connectivity index (χ0) is 18.9. The third-order valence-corrected chi connectivity index (χ3v) is 4.67. The Bertz CT molecular complexity index is 723. The Morgan fingerprint density at radius 2 is 1.78 bits per heavy atom. The summed E-state index contributed by atoms with van der Waals surface area (Å²) < 4.78 is 1.75. The average Bonchev–Trinajstić information content (AvgIpc) is 3.20. The third-order valence-electron chi connectivity index (χ3n) is 4.67. The van der Waals surface area contributed by atoms with Crippen molar-refractivity contribution in [1.29, 1.82) is 0 Å². The van der Waals surface area contributed by atoms with Crippen LogP contribution in [0, 0.1) is 0 Å². The van der Waals surface area contributed by atoms with E-state index in [1.807, 2.05) is 24.3 Å². The predicted octanol–water partition coefficient (Wildman–Crippen LogP) is 1.57. The van der Waals surface area contributed by atoms with Gasteiger partial charge in [-0.1, -0.05) is 43.5 Å². The molecule has 1 saturated carbocycles. The Morgan fingerprint density at radius 1 is 1.04 bits per heavy atom. The van der Waals surface area contributed by atoms with Crippen molar-refractivity contribution in [1.82, 2.24) is 30.7 Å². The standard InChI is InChI=1S/C19H26N6O2/c26-18(24-17-4-2-1-3-5-17)11-22-19(27)21-10-15-6-8-16(9-7-15)12-25-14-20-13-23-25/h6-9,13-14,17H,1-5,10-12H2,(H,24,26)(H2,21,22,27). The van der Waals surface area contributed by atoms with Crippen LogP contribution in [0.25, 0.3) is 0 Å². The lowest BCUT2D eigenvalue weighted by molar-refractivity contribution is -0.121. The maximum atomic E-state index is 11.9. The van der Waals surface area contributed by atoms with Crippen molar-refractivity contribution < 1.29 is 9.59 Å². The van der Waals surface area contributed by atoms with Crippen LogP contribution in [0.5, 0.6) is 0 Å². The van der Waals surface area contributed by atoms with Gasteiger partial charge in [-0.15, -0.1) is 0 Å². The molecule has 8 nitrogen and oxygen atoms in total. The monoisotopic (exact) mass is 370 g/mol. The van der Waals surface area contributed by atoms with Crippen molar-refractivity contribution in [2.75, 3.05) is 6.54 Å². The van der Waals surface area contributed by atoms with Crippen molar-refractivity contribution >= 4 is 11.9 Å². The second-order valence-electron chi connectivity index (χ2n) is 6.85. The summed E-state index contributed by atoms with van der Waals surface area (Å²) in [4.78, 5) is 27.7. The molecule has 8 heteroatoms. The summed E-state index contributed by atoms with van der Waals surface area (Å²) in [5, 5.41) is 12.4. The topological polar surface area (TPSA) is 101 Å². The third kappa shape index (κ3) is 6.40. The highest BCUT2D eigenvalue weighted by molar-refractivity contribution is 5.84. The molecule has 0 saturated heterocycles. The van der Waals surface area contributed by atoms with E-state index in [9.17, 15) is 9.59 Å². The van der Waals surface area contributed by atoms with E-state index < -0.39 is 0 Å². The maximum absolute atomic E-state index is 11.9. The van der Waals surface area contributed by atoms with Crippen LogP contribution in [-0.4, -0.2) is 39.3 Å². The van der Waals surface area contributed by atoms with Gasteiger partial charge in [0.05, 0.1) is 13.1 Å². The average molecular weight is 370 g/mol. The Labute approximate surface area is 158 Å². The molecule has 1 aliphatic rings. The van der Waals surface area contributed by atoms with Crippen LogP contribution in [0.15, 0.2) is 36.9 Å². The number of aromatic nitrogens is 3. The molecule has 0 radical (unpaired) electrons. The molecule has 0 unspecified atom stereocenters. The molecule has 0 atom stereocenters. The number of carbonyl (C=O) groups is 2. The molecule has 1 aliphatic carbocycles. The molecular formula is C19H26N6O2. The van der Waals surface area contributed by atoms with E-state index in [1.165, 1.54) is 12.7 Å². The van der Waals surface area contributed by atoms with Gasteiger partial charge < -0.3 is 16.0 Å². The molecule has 144 valence electrons. The highest BCUT2D eigenvalue weighted by Gasteiger charge is 2.15. The number of rotatable bonds is 7. The first kappa shape index (κ1) is 18.9. The van der Waals surface area contributed by atoms with Crippen LogP contribution in [0.2, 0.25) is 0 Å². The van der Waals surface area contributed by atoms with Crippen molar-refractivity contribution in [3.8, 4) is 0 Å². The van der Waals surface area contributed by atoms with Crippen molar-refractivity contribution in [2.24, 2.45) is 0 Å². The lowest BCUT2D eigenvalue weighted by Crippen LogP contribution is -2.45. The minimum absolute atomic E-state index is 0.000817. The van der Waals surface area contributed by atoms with Crippen LogP contribution >= 0.6 is 0 Å². The largest absolute Gasteiger partial charge is 0.352 e. The first-order chi connectivity index (χ1) is 13.2. The van der Waals surface area contributed by atoms with E-state index in [0.717, 1.165) is 36.8 Å². The number of urea groups is 1. The summed E-state index contributed by atoms with van der Waals surface area (Å²) in [6, 6.07) is 7.82. The number of hydrogen-bond acceptors (Lipinski definition) is 4. The fraction of sp³-hybridized carbons (Fsp3) is 0.474. The molecule has 1 aromatic carbocycles. The van der Waals surface area contributed by atoms with Crippen LogP contribution in [0.3, 0.4) is 0 Å². The quantitative estimate of drug-likeness (QED) is 0.689. The van der Waals surface area contributed by atoms with E-state index >= 15 is 0 Å². The summed E-state index contributed by atoms with van der Waals surface area (Å²) in [5.41, 5.74) is 2.09. The highest BCUT2D eigenvalue weighted by Crippen LogP contribution is 2.17. The predicted molar refractivity (Wildman–Crippen MR) is 101 cm³/mol. The molecule has 2 aromatic rings. The molecule has 1 aromatic heterocycles. The van der Waals surface area contributed by atoms with Gasteiger partial charge in [0, 0.05) is 12.6 Å². The Hall–Kier alpha value is -2.90. The fourth-order valence-corrected chi connectivity index (χ4v) is 3.19. The Kier molecular flexibility index (Phi) is 6.78. The maximum Gasteiger partial charge on any atom is 0.315 e. The van der Waals surface area contributed by atoms with Gasteiger partial charge in [-0.25, -0.2) is 14.5 Å². The van der Waals surface area contributed by atoms with E-state index in [2.05, 4.69) is 26.0 Å². The number of hydrogen-bond donors (Lipinski definition) is 3. The molecule has 0 bridgehead atoms. The summed E-state index contributed by atoms with van der Waals surface area (Å²) in [7, 11) is 0. The molecule has 3 rings (SSSR count). The van der Waals surface area contributed by atoms with Gasteiger partial charge in [0.15, 0.2) is 0 Å².